The third-order valence-electron chi connectivity index (χ3n) is 0.625. The predicted octanol–water partition coefficient (Wildman–Crippen LogP) is 3.76. The minimum absolute atomic E-state index is 1.12. The van der Waals surface area contributed by atoms with Crippen molar-refractivity contribution in [3.8, 4) is 0 Å². The van der Waals surface area contributed by atoms with Crippen LogP contribution in [-0.4, -0.2) is 0 Å². The molecule has 0 radical (unpaired) electrons. The summed E-state index contributed by atoms with van der Waals surface area (Å²) < 4.78 is 2.25. The SMILES string of the molecule is ClSc1ccc(Br)s1. The Labute approximate surface area is 68.9 Å². The van der Waals surface area contributed by atoms with Crippen LogP contribution in [0.15, 0.2) is 20.1 Å². The highest BCUT2D eigenvalue weighted by atomic mass is 79.9. The molecule has 0 nitrogen and oxygen atoms in total. The zero-order valence-electron chi connectivity index (χ0n) is 3.73. The van der Waals surface area contributed by atoms with Gasteiger partial charge >= 0.3 is 0 Å². The maximum atomic E-state index is 5.45. The van der Waals surface area contributed by atoms with Crippen molar-refractivity contribution in [1.29, 1.82) is 0 Å². The maximum absolute atomic E-state index is 5.45. The van der Waals surface area contributed by atoms with Gasteiger partial charge in [-0.1, -0.05) is 0 Å². The Hall–Kier alpha value is 0.820. The molecule has 0 aliphatic carbocycles. The monoisotopic (exact) mass is 228 g/mol. The van der Waals surface area contributed by atoms with Crippen molar-refractivity contribution < 1.29 is 0 Å². The summed E-state index contributed by atoms with van der Waals surface area (Å²) in [6.45, 7) is 0. The third-order valence-corrected chi connectivity index (χ3v) is 3.60. The van der Waals surface area contributed by atoms with Crippen LogP contribution in [0.4, 0.5) is 0 Å². The summed E-state index contributed by atoms with van der Waals surface area (Å²) in [6.07, 6.45) is 0. The van der Waals surface area contributed by atoms with Crippen molar-refractivity contribution in [1.82, 2.24) is 0 Å². The van der Waals surface area contributed by atoms with Crippen LogP contribution in [-0.2, 0) is 0 Å². The lowest BCUT2D eigenvalue weighted by Crippen LogP contribution is -1.39. The van der Waals surface area contributed by atoms with Gasteiger partial charge in [-0.25, -0.2) is 0 Å². The van der Waals surface area contributed by atoms with Gasteiger partial charge in [-0.15, -0.1) is 11.3 Å². The summed E-state index contributed by atoms with van der Waals surface area (Å²) in [5, 5.41) is 0. The van der Waals surface area contributed by atoms with E-state index in [1.807, 2.05) is 12.1 Å². The molecule has 0 saturated heterocycles. The molecular formula is C4H2BrClS2. The van der Waals surface area contributed by atoms with E-state index in [1.54, 1.807) is 11.3 Å². The van der Waals surface area contributed by atoms with Crippen LogP contribution >= 0.6 is 48.9 Å². The van der Waals surface area contributed by atoms with E-state index in [9.17, 15) is 0 Å². The molecule has 0 aliphatic rings. The van der Waals surface area contributed by atoms with Crippen molar-refractivity contribution in [2.45, 2.75) is 4.21 Å². The van der Waals surface area contributed by atoms with E-state index in [1.165, 1.54) is 11.0 Å². The van der Waals surface area contributed by atoms with Gasteiger partial charge in [-0.2, -0.15) is 0 Å². The van der Waals surface area contributed by atoms with Gasteiger partial charge in [0, 0.05) is 0 Å². The average Bonchev–Trinajstić information content (AvgIpc) is 2.14. The molecule has 1 heterocycles. The van der Waals surface area contributed by atoms with Crippen LogP contribution in [0.2, 0.25) is 0 Å². The number of thiophene rings is 1. The second-order valence-electron chi connectivity index (χ2n) is 1.14. The van der Waals surface area contributed by atoms with Crippen molar-refractivity contribution in [2.24, 2.45) is 0 Å². The topological polar surface area (TPSA) is 0 Å². The Bertz CT molecular complexity index is 174. The summed E-state index contributed by atoms with van der Waals surface area (Å²) in [5.41, 5.74) is 0. The molecule has 0 N–H and O–H groups in total. The number of hydrogen-bond acceptors (Lipinski definition) is 2. The minimum atomic E-state index is 1.12. The molecular weight excluding hydrogens is 228 g/mol. The number of hydrogen-bond donors (Lipinski definition) is 0. The molecule has 1 rings (SSSR count). The van der Waals surface area contributed by atoms with E-state index in [2.05, 4.69) is 15.9 Å². The molecule has 1 aromatic heterocycles. The second kappa shape index (κ2) is 3.11. The number of rotatable bonds is 1. The van der Waals surface area contributed by atoms with E-state index in [0.29, 0.717) is 0 Å². The minimum Gasteiger partial charge on any atom is -0.121 e. The van der Waals surface area contributed by atoms with E-state index in [0.717, 1.165) is 8.00 Å². The van der Waals surface area contributed by atoms with Crippen LogP contribution in [0.3, 0.4) is 0 Å². The van der Waals surface area contributed by atoms with Gasteiger partial charge in [0.1, 0.15) is 0 Å². The highest BCUT2D eigenvalue weighted by Gasteiger charge is 1.93. The van der Waals surface area contributed by atoms with Gasteiger partial charge in [-0.3, -0.25) is 0 Å². The molecule has 4 heteroatoms. The highest BCUT2D eigenvalue weighted by molar-refractivity contribution is 9.11. The summed E-state index contributed by atoms with van der Waals surface area (Å²) in [4.78, 5) is 0. The van der Waals surface area contributed by atoms with E-state index < -0.39 is 0 Å². The molecule has 0 atom stereocenters. The lowest BCUT2D eigenvalue weighted by Gasteiger charge is -1.76. The first kappa shape index (κ1) is 6.93. The lowest BCUT2D eigenvalue weighted by molar-refractivity contribution is 1.75. The summed E-state index contributed by atoms with van der Waals surface area (Å²) >= 11 is 4.95. The fourth-order valence-electron chi connectivity index (χ4n) is 0.339. The van der Waals surface area contributed by atoms with Crippen LogP contribution in [0.5, 0.6) is 0 Å². The van der Waals surface area contributed by atoms with Gasteiger partial charge in [0.05, 0.1) is 8.00 Å². The molecule has 0 unspecified atom stereocenters. The fourth-order valence-corrected chi connectivity index (χ4v) is 2.73. The molecule has 1 aromatic rings. The van der Waals surface area contributed by atoms with Crippen molar-refractivity contribution >= 4 is 48.9 Å². The van der Waals surface area contributed by atoms with E-state index in [-0.39, 0.29) is 0 Å². The fraction of sp³-hybridized carbons (Fsp3) is 0. The quantitative estimate of drug-likeness (QED) is 0.707. The van der Waals surface area contributed by atoms with Gasteiger partial charge in [0.25, 0.3) is 0 Å². The normalized spacial score (nSPS) is 9.75. The van der Waals surface area contributed by atoms with Crippen molar-refractivity contribution in [3.63, 3.8) is 0 Å². The first-order valence-corrected chi connectivity index (χ1v) is 5.12. The summed E-state index contributed by atoms with van der Waals surface area (Å²) in [7, 11) is 6.70. The van der Waals surface area contributed by atoms with Gasteiger partial charge < -0.3 is 0 Å². The largest absolute Gasteiger partial charge is 0.121 e. The Morgan fingerprint density at radius 1 is 1.62 bits per heavy atom. The standard InChI is InChI=1S/C4H2BrClS2/c5-3-1-2-4(7-3)8-6/h1-2H. The molecule has 44 valence electrons. The molecule has 0 fully saturated rings. The molecule has 0 amide bonds. The van der Waals surface area contributed by atoms with E-state index >= 15 is 0 Å². The number of halogens is 2. The molecule has 0 saturated carbocycles. The van der Waals surface area contributed by atoms with Crippen LogP contribution in [0, 0.1) is 0 Å². The first-order valence-electron chi connectivity index (χ1n) is 1.87. The van der Waals surface area contributed by atoms with Crippen molar-refractivity contribution in [2.75, 3.05) is 0 Å². The lowest BCUT2D eigenvalue weighted by atomic mass is 10.7. The second-order valence-corrected chi connectivity index (χ2v) is 4.91. The first-order chi connectivity index (χ1) is 3.83. The molecule has 0 aromatic carbocycles. The third kappa shape index (κ3) is 1.65. The predicted molar refractivity (Wildman–Crippen MR) is 43.7 cm³/mol. The maximum Gasteiger partial charge on any atom is 0.0768 e. The molecule has 0 spiro atoms. The zero-order valence-corrected chi connectivity index (χ0v) is 7.70. The molecule has 8 heavy (non-hydrogen) atoms. The van der Waals surface area contributed by atoms with Crippen LogP contribution in [0.25, 0.3) is 0 Å². The Kier molecular flexibility index (Phi) is 2.69. The van der Waals surface area contributed by atoms with Gasteiger partial charge in [-0.05, 0) is 49.7 Å². The van der Waals surface area contributed by atoms with Crippen molar-refractivity contribution in [3.05, 3.63) is 15.9 Å². The van der Waals surface area contributed by atoms with E-state index in [4.69, 9.17) is 10.7 Å². The van der Waals surface area contributed by atoms with Gasteiger partial charge in [0.2, 0.25) is 0 Å². The van der Waals surface area contributed by atoms with Gasteiger partial charge in [0.15, 0.2) is 0 Å². The Morgan fingerprint density at radius 3 is 2.62 bits per heavy atom. The summed E-state index contributed by atoms with van der Waals surface area (Å²) in [5.74, 6) is 0. The molecule has 0 aliphatic heterocycles. The zero-order chi connectivity index (χ0) is 5.98. The van der Waals surface area contributed by atoms with Crippen LogP contribution < -0.4 is 0 Å². The molecule has 0 bridgehead atoms. The smallest absolute Gasteiger partial charge is 0.0768 e. The average molecular weight is 230 g/mol. The highest BCUT2D eigenvalue weighted by Crippen LogP contribution is 2.32. The van der Waals surface area contributed by atoms with Crippen LogP contribution in [0.1, 0.15) is 0 Å². The Morgan fingerprint density at radius 2 is 2.38 bits per heavy atom. The Balaban J connectivity index is 2.84. The summed E-state index contributed by atoms with van der Waals surface area (Å²) in [6, 6.07) is 3.96.